The fourth-order valence-corrected chi connectivity index (χ4v) is 2.08. The predicted octanol–water partition coefficient (Wildman–Crippen LogP) is 0.595. The number of hydrogen-bond acceptors (Lipinski definition) is 3. The third-order valence-corrected chi connectivity index (χ3v) is 3.31. The zero-order valence-electron chi connectivity index (χ0n) is 9.40. The molecule has 88 valence electrons. The maximum atomic E-state index is 11.7. The predicted molar refractivity (Wildman–Crippen MR) is 61.2 cm³/mol. The molecule has 0 aliphatic heterocycles. The molecule has 0 aromatic carbocycles. The van der Waals surface area contributed by atoms with Crippen LogP contribution in [-0.4, -0.2) is 24.5 Å². The number of nitrogens with one attached hydrogen (secondary N) is 1. The second-order valence-corrected chi connectivity index (χ2v) is 4.83. The number of aryl methyl sites for hydroxylation is 1. The van der Waals surface area contributed by atoms with Gasteiger partial charge in [0.25, 0.3) is 10.0 Å². The molecule has 0 aliphatic carbocycles. The van der Waals surface area contributed by atoms with Crippen LogP contribution in [0.3, 0.4) is 0 Å². The van der Waals surface area contributed by atoms with Crippen LogP contribution < -0.4 is 4.72 Å². The highest BCUT2D eigenvalue weighted by Gasteiger charge is 2.15. The van der Waals surface area contributed by atoms with Crippen LogP contribution in [0.15, 0.2) is 17.6 Å². The van der Waals surface area contributed by atoms with Crippen LogP contribution in [0.4, 0.5) is 0 Å². The topological polar surface area (TPSA) is 64.0 Å². The van der Waals surface area contributed by atoms with Gasteiger partial charge in [0.05, 0.1) is 6.33 Å². The molecule has 0 saturated heterocycles. The molecule has 0 atom stereocenters. The summed E-state index contributed by atoms with van der Waals surface area (Å²) in [5, 5.41) is 0.0545. The van der Waals surface area contributed by atoms with Crippen LogP contribution in [0, 0.1) is 11.8 Å². The molecule has 1 aromatic rings. The molecule has 6 heteroatoms. The van der Waals surface area contributed by atoms with E-state index in [-0.39, 0.29) is 5.03 Å². The van der Waals surface area contributed by atoms with Crippen molar-refractivity contribution in [3.63, 3.8) is 0 Å². The van der Waals surface area contributed by atoms with Gasteiger partial charge in [0, 0.05) is 25.7 Å². The molecule has 0 amide bonds. The van der Waals surface area contributed by atoms with Gasteiger partial charge in [-0.15, -0.1) is 11.8 Å². The number of hydrogen-bond donors (Lipinski definition) is 1. The van der Waals surface area contributed by atoms with E-state index < -0.39 is 10.0 Å². The van der Waals surface area contributed by atoms with Gasteiger partial charge in [-0.05, 0) is 13.8 Å². The first-order valence-electron chi connectivity index (χ1n) is 5.01. The third-order valence-electron chi connectivity index (χ3n) is 1.97. The van der Waals surface area contributed by atoms with Crippen LogP contribution in [0.1, 0.15) is 20.3 Å². The van der Waals surface area contributed by atoms with Crippen molar-refractivity contribution in [3.8, 4) is 11.8 Å². The first-order valence-corrected chi connectivity index (χ1v) is 6.49. The third kappa shape index (κ3) is 3.36. The minimum absolute atomic E-state index is 0.0545. The van der Waals surface area contributed by atoms with Crippen molar-refractivity contribution in [2.45, 2.75) is 31.8 Å². The molecule has 0 bridgehead atoms. The average Bonchev–Trinajstić information content (AvgIpc) is 2.73. The Morgan fingerprint density at radius 1 is 1.56 bits per heavy atom. The van der Waals surface area contributed by atoms with Gasteiger partial charge in [-0.3, -0.25) is 0 Å². The zero-order valence-corrected chi connectivity index (χ0v) is 10.2. The van der Waals surface area contributed by atoms with Crippen LogP contribution in [0.2, 0.25) is 0 Å². The van der Waals surface area contributed by atoms with Crippen molar-refractivity contribution in [1.29, 1.82) is 0 Å². The van der Waals surface area contributed by atoms with E-state index in [0.717, 1.165) is 0 Å². The van der Waals surface area contributed by atoms with Crippen LogP contribution in [0.25, 0.3) is 0 Å². The molecule has 1 N–H and O–H groups in total. The molecule has 0 radical (unpaired) electrons. The molecule has 0 unspecified atom stereocenters. The molecule has 1 rings (SSSR count). The maximum Gasteiger partial charge on any atom is 0.259 e. The first kappa shape index (κ1) is 12.7. The fourth-order valence-electron chi connectivity index (χ4n) is 1.10. The zero-order chi connectivity index (χ0) is 12.0. The van der Waals surface area contributed by atoms with Gasteiger partial charge in [-0.25, -0.2) is 18.1 Å². The quantitative estimate of drug-likeness (QED) is 0.606. The summed E-state index contributed by atoms with van der Waals surface area (Å²) in [7, 11) is -3.48. The van der Waals surface area contributed by atoms with Crippen LogP contribution in [0.5, 0.6) is 0 Å². The molecule has 1 heterocycles. The molecule has 5 nitrogen and oxygen atoms in total. The van der Waals surface area contributed by atoms with E-state index in [4.69, 9.17) is 0 Å². The highest BCUT2D eigenvalue weighted by molar-refractivity contribution is 7.89. The summed E-state index contributed by atoms with van der Waals surface area (Å²) >= 11 is 0. The highest BCUT2D eigenvalue weighted by atomic mass is 32.2. The van der Waals surface area contributed by atoms with E-state index in [1.807, 2.05) is 6.92 Å². The lowest BCUT2D eigenvalue weighted by molar-refractivity contribution is 0.579. The van der Waals surface area contributed by atoms with Gasteiger partial charge in [-0.1, -0.05) is 0 Å². The van der Waals surface area contributed by atoms with E-state index in [9.17, 15) is 8.42 Å². The first-order chi connectivity index (χ1) is 7.60. The summed E-state index contributed by atoms with van der Waals surface area (Å²) in [6.45, 7) is 4.64. The Morgan fingerprint density at radius 2 is 2.31 bits per heavy atom. The molecule has 0 saturated carbocycles. The van der Waals surface area contributed by atoms with Gasteiger partial charge in [0.2, 0.25) is 0 Å². The number of aromatic nitrogens is 2. The van der Waals surface area contributed by atoms with E-state index in [1.54, 1.807) is 11.5 Å². The Hall–Kier alpha value is -1.32. The number of rotatable bonds is 5. The smallest absolute Gasteiger partial charge is 0.259 e. The summed E-state index contributed by atoms with van der Waals surface area (Å²) in [6.07, 6.45) is 3.51. The minimum atomic E-state index is -3.48. The Kier molecular flexibility index (Phi) is 4.52. The number of nitrogens with zero attached hydrogens (tertiary/aromatic N) is 2. The van der Waals surface area contributed by atoms with Gasteiger partial charge in [0.15, 0.2) is 5.03 Å². The monoisotopic (exact) mass is 241 g/mol. The molecule has 0 spiro atoms. The fraction of sp³-hybridized carbons (Fsp3) is 0.500. The van der Waals surface area contributed by atoms with Crippen molar-refractivity contribution in [3.05, 3.63) is 12.5 Å². The maximum absolute atomic E-state index is 11.7. The molecule has 0 aliphatic rings. The molecular weight excluding hydrogens is 226 g/mol. The Balaban J connectivity index is 2.65. The normalized spacial score (nSPS) is 10.9. The summed E-state index contributed by atoms with van der Waals surface area (Å²) in [5.74, 6) is 5.49. The lowest BCUT2D eigenvalue weighted by Gasteiger charge is -2.00. The van der Waals surface area contributed by atoms with E-state index in [1.165, 1.54) is 12.5 Å². The van der Waals surface area contributed by atoms with Crippen molar-refractivity contribution < 1.29 is 8.42 Å². The lowest BCUT2D eigenvalue weighted by Crippen LogP contribution is -2.24. The van der Waals surface area contributed by atoms with Gasteiger partial charge in [0.1, 0.15) is 0 Å². The second-order valence-electron chi connectivity index (χ2n) is 3.12. The second kappa shape index (κ2) is 5.68. The average molecular weight is 241 g/mol. The Labute approximate surface area is 95.9 Å². The van der Waals surface area contributed by atoms with Crippen molar-refractivity contribution in [2.75, 3.05) is 6.54 Å². The number of imidazole rings is 1. The van der Waals surface area contributed by atoms with Gasteiger partial charge >= 0.3 is 0 Å². The Morgan fingerprint density at radius 3 is 2.88 bits per heavy atom. The summed E-state index contributed by atoms with van der Waals surface area (Å²) in [4.78, 5) is 3.83. The summed E-state index contributed by atoms with van der Waals surface area (Å²) < 4.78 is 27.5. The van der Waals surface area contributed by atoms with Gasteiger partial charge < -0.3 is 4.57 Å². The molecule has 0 fully saturated rings. The van der Waals surface area contributed by atoms with E-state index in [0.29, 0.717) is 19.5 Å². The lowest BCUT2D eigenvalue weighted by atomic mass is 10.4. The van der Waals surface area contributed by atoms with Crippen molar-refractivity contribution >= 4 is 10.0 Å². The number of sulfonamides is 1. The largest absolute Gasteiger partial charge is 0.336 e. The molecular formula is C10H15N3O2S. The van der Waals surface area contributed by atoms with E-state index >= 15 is 0 Å². The van der Waals surface area contributed by atoms with Crippen molar-refractivity contribution in [1.82, 2.24) is 14.3 Å². The molecule has 1 aromatic heterocycles. The minimum Gasteiger partial charge on any atom is -0.336 e. The summed E-state index contributed by atoms with van der Waals surface area (Å²) in [6, 6.07) is 0. The van der Waals surface area contributed by atoms with Crippen LogP contribution in [-0.2, 0) is 16.6 Å². The highest BCUT2D eigenvalue weighted by Crippen LogP contribution is 2.04. The summed E-state index contributed by atoms with van der Waals surface area (Å²) in [5.41, 5.74) is 0. The SMILES string of the molecule is CC#CCCNS(=O)(=O)c1cn(CC)cn1. The Bertz CT molecular complexity index is 494. The van der Waals surface area contributed by atoms with Crippen LogP contribution >= 0.6 is 0 Å². The van der Waals surface area contributed by atoms with E-state index in [2.05, 4.69) is 21.5 Å². The van der Waals surface area contributed by atoms with Crippen molar-refractivity contribution in [2.24, 2.45) is 0 Å². The standard InChI is InChI=1S/C10H15N3O2S/c1-3-5-6-7-12-16(14,15)10-8-13(4-2)9-11-10/h8-9,12H,4,6-7H2,1-2H3. The van der Waals surface area contributed by atoms with Gasteiger partial charge in [-0.2, -0.15) is 0 Å². The molecule has 16 heavy (non-hydrogen) atoms.